The number of hydrogen-bond donors (Lipinski definition) is 0. The molecule has 1 aliphatic rings. The number of rotatable bonds is 10. The highest BCUT2D eigenvalue weighted by atomic mass is 15.2. The van der Waals surface area contributed by atoms with Crippen molar-refractivity contribution in [3.05, 3.63) is 258 Å². The summed E-state index contributed by atoms with van der Waals surface area (Å²) in [6, 6.07) is 82.7. The second-order valence-electron chi connectivity index (χ2n) is 17.8. The number of benzene rings is 9. The molecule has 0 spiro atoms. The lowest BCUT2D eigenvalue weighted by atomic mass is 10.0. The van der Waals surface area contributed by atoms with E-state index >= 15 is 0 Å². The van der Waals surface area contributed by atoms with Crippen LogP contribution in [0.4, 0.5) is 45.5 Å². The van der Waals surface area contributed by atoms with Crippen LogP contribution in [0, 0.1) is 27.7 Å². The molecule has 0 saturated heterocycles. The van der Waals surface area contributed by atoms with Crippen LogP contribution in [0.2, 0.25) is 0 Å². The van der Waals surface area contributed by atoms with Gasteiger partial charge in [-0.1, -0.05) is 131 Å². The molecule has 0 fully saturated rings. The molecule has 0 amide bonds. The maximum Gasteiger partial charge on any atom is 0.0632 e. The fourth-order valence-electron chi connectivity index (χ4n) is 9.69. The van der Waals surface area contributed by atoms with Crippen LogP contribution in [0.1, 0.15) is 39.4 Å². The molecule has 0 bridgehead atoms. The normalized spacial score (nSPS) is 13.2. The number of anilines is 8. The van der Waals surface area contributed by atoms with Gasteiger partial charge in [-0.05, 0) is 166 Å². The number of fused-ring (bicyclic) bond motifs is 2. The minimum atomic E-state index is 0.139. The summed E-state index contributed by atoms with van der Waals surface area (Å²) in [7, 11) is 0. The van der Waals surface area contributed by atoms with Crippen molar-refractivity contribution in [3.63, 3.8) is 0 Å². The van der Waals surface area contributed by atoms with Crippen LogP contribution < -0.4 is 14.7 Å². The van der Waals surface area contributed by atoms with E-state index in [9.17, 15) is 0 Å². The first-order valence-corrected chi connectivity index (χ1v) is 23.0. The van der Waals surface area contributed by atoms with E-state index in [-0.39, 0.29) is 6.04 Å². The van der Waals surface area contributed by atoms with Gasteiger partial charge in [-0.3, -0.25) is 0 Å². The third-order valence-electron chi connectivity index (χ3n) is 13.2. The average molecular weight is 853 g/mol. The van der Waals surface area contributed by atoms with Gasteiger partial charge in [-0.25, -0.2) is 0 Å². The second-order valence-corrected chi connectivity index (χ2v) is 17.8. The summed E-state index contributed by atoms with van der Waals surface area (Å²) in [5.74, 6) is 0. The van der Waals surface area contributed by atoms with Crippen LogP contribution in [0.15, 0.2) is 224 Å². The Balaban J connectivity index is 1.02. The summed E-state index contributed by atoms with van der Waals surface area (Å²) >= 11 is 0. The molecule has 1 aromatic heterocycles. The van der Waals surface area contributed by atoms with Gasteiger partial charge >= 0.3 is 0 Å². The zero-order valence-electron chi connectivity index (χ0n) is 37.9. The average Bonchev–Trinajstić information content (AvgIpc) is 3.92. The van der Waals surface area contributed by atoms with E-state index in [1.165, 1.54) is 66.9 Å². The standard InChI is InChI=1S/C62H52N4/c1-43-15-23-51(24-16-43)63(52-25-17-44(2)18-26-52)55-31-35-57(36-32-55)65-59(47-11-7-5-8-12-47)39-49-42-62-50(41-61(49)65)40-60(48-13-9-6-10-14-48)66(62)58-37-33-56(34-38-58)64(53-27-19-45(3)20-28-53)54-29-21-46(4)22-30-54/h5-39,41-42,60H,40H2,1-4H3. The van der Waals surface area contributed by atoms with Crippen molar-refractivity contribution in [1.29, 1.82) is 0 Å². The Bertz CT molecular complexity index is 3170. The molecular weight excluding hydrogens is 801 g/mol. The van der Waals surface area contributed by atoms with E-state index < -0.39 is 0 Å². The maximum atomic E-state index is 2.56. The molecule has 0 N–H and O–H groups in total. The lowest BCUT2D eigenvalue weighted by Gasteiger charge is -2.30. The van der Waals surface area contributed by atoms with E-state index in [1.54, 1.807) is 0 Å². The van der Waals surface area contributed by atoms with E-state index in [0.717, 1.165) is 46.2 Å². The minimum Gasteiger partial charge on any atom is -0.333 e. The molecule has 0 saturated carbocycles. The highest BCUT2D eigenvalue weighted by Gasteiger charge is 2.33. The molecular formula is C62H52N4. The number of hydrogen-bond acceptors (Lipinski definition) is 3. The van der Waals surface area contributed by atoms with Crippen LogP contribution >= 0.6 is 0 Å². The van der Waals surface area contributed by atoms with Gasteiger partial charge in [0.25, 0.3) is 0 Å². The van der Waals surface area contributed by atoms with Gasteiger partial charge in [-0.15, -0.1) is 0 Å². The van der Waals surface area contributed by atoms with E-state index in [2.05, 4.69) is 271 Å². The Morgan fingerprint density at radius 3 is 1.23 bits per heavy atom. The van der Waals surface area contributed by atoms with Crippen molar-refractivity contribution < 1.29 is 0 Å². The van der Waals surface area contributed by atoms with Crippen LogP contribution in [-0.2, 0) is 6.42 Å². The van der Waals surface area contributed by atoms with Gasteiger partial charge in [0, 0.05) is 56.6 Å². The Hall–Kier alpha value is -8.08. The van der Waals surface area contributed by atoms with Crippen LogP contribution in [0.3, 0.4) is 0 Å². The van der Waals surface area contributed by atoms with Gasteiger partial charge in [-0.2, -0.15) is 0 Å². The SMILES string of the molecule is Cc1ccc(N(c2ccc(C)cc2)c2ccc(N3c4cc5cc(-c6ccccc6)n(-c6ccc(N(c7ccc(C)cc7)c7ccc(C)cc7)cc6)c5cc4CC3c3ccccc3)cc2)cc1. The summed E-state index contributed by atoms with van der Waals surface area (Å²) in [5, 5.41) is 1.21. The van der Waals surface area contributed by atoms with Gasteiger partial charge in [0.05, 0.1) is 17.3 Å². The maximum absolute atomic E-state index is 2.56. The summed E-state index contributed by atoms with van der Waals surface area (Å²) < 4.78 is 2.45. The predicted octanol–water partition coefficient (Wildman–Crippen LogP) is 16.9. The quantitative estimate of drug-likeness (QED) is 0.136. The fourth-order valence-corrected chi connectivity index (χ4v) is 9.69. The third-order valence-corrected chi connectivity index (χ3v) is 13.2. The largest absolute Gasteiger partial charge is 0.333 e. The first-order valence-electron chi connectivity index (χ1n) is 23.0. The third kappa shape index (κ3) is 7.71. The molecule has 0 radical (unpaired) electrons. The molecule has 0 aliphatic carbocycles. The topological polar surface area (TPSA) is 14.7 Å². The molecule has 11 rings (SSSR count). The van der Waals surface area contributed by atoms with Crippen molar-refractivity contribution in [2.75, 3.05) is 14.7 Å². The molecule has 4 heteroatoms. The molecule has 9 aromatic carbocycles. The summed E-state index contributed by atoms with van der Waals surface area (Å²) in [5.41, 5.74) is 21.5. The Morgan fingerprint density at radius 2 is 0.788 bits per heavy atom. The molecule has 1 aliphatic heterocycles. The smallest absolute Gasteiger partial charge is 0.0632 e. The number of aryl methyl sites for hydroxylation is 4. The zero-order chi connectivity index (χ0) is 44.7. The predicted molar refractivity (Wildman–Crippen MR) is 278 cm³/mol. The molecule has 66 heavy (non-hydrogen) atoms. The van der Waals surface area contributed by atoms with Crippen molar-refractivity contribution in [1.82, 2.24) is 4.57 Å². The molecule has 320 valence electrons. The van der Waals surface area contributed by atoms with Crippen LogP contribution in [0.5, 0.6) is 0 Å². The first kappa shape index (κ1) is 40.7. The molecule has 4 nitrogen and oxygen atoms in total. The Labute approximate surface area is 388 Å². The van der Waals surface area contributed by atoms with Gasteiger partial charge in [0.1, 0.15) is 0 Å². The summed E-state index contributed by atoms with van der Waals surface area (Å²) in [4.78, 5) is 7.26. The monoisotopic (exact) mass is 852 g/mol. The van der Waals surface area contributed by atoms with Crippen molar-refractivity contribution in [2.24, 2.45) is 0 Å². The van der Waals surface area contributed by atoms with Gasteiger partial charge in [0.2, 0.25) is 0 Å². The number of nitrogens with zero attached hydrogens (tertiary/aromatic N) is 4. The van der Waals surface area contributed by atoms with Crippen molar-refractivity contribution in [3.8, 4) is 16.9 Å². The molecule has 1 atom stereocenters. The van der Waals surface area contributed by atoms with Crippen LogP contribution in [-0.4, -0.2) is 4.57 Å². The summed E-state index contributed by atoms with van der Waals surface area (Å²) in [6.07, 6.45) is 0.892. The highest BCUT2D eigenvalue weighted by molar-refractivity contribution is 5.95. The minimum absolute atomic E-state index is 0.139. The van der Waals surface area contributed by atoms with E-state index in [4.69, 9.17) is 0 Å². The van der Waals surface area contributed by atoms with Gasteiger partial charge in [0.15, 0.2) is 0 Å². The highest BCUT2D eigenvalue weighted by Crippen LogP contribution is 2.49. The lowest BCUT2D eigenvalue weighted by Crippen LogP contribution is -2.19. The zero-order valence-corrected chi connectivity index (χ0v) is 37.9. The lowest BCUT2D eigenvalue weighted by molar-refractivity contribution is 0.743. The number of aromatic nitrogens is 1. The molecule has 10 aromatic rings. The second kappa shape index (κ2) is 17.1. The van der Waals surface area contributed by atoms with E-state index in [1.807, 2.05) is 0 Å². The van der Waals surface area contributed by atoms with E-state index in [0.29, 0.717) is 0 Å². The van der Waals surface area contributed by atoms with Crippen LogP contribution in [0.25, 0.3) is 27.8 Å². The Morgan fingerprint density at radius 1 is 0.394 bits per heavy atom. The molecule has 1 unspecified atom stereocenters. The molecule has 2 heterocycles. The fraction of sp³-hybridized carbons (Fsp3) is 0.0968. The van der Waals surface area contributed by atoms with Crippen molar-refractivity contribution >= 4 is 56.4 Å². The van der Waals surface area contributed by atoms with Gasteiger partial charge < -0.3 is 19.3 Å². The first-order chi connectivity index (χ1) is 32.3. The Kier molecular flexibility index (Phi) is 10.6. The van der Waals surface area contributed by atoms with Crippen molar-refractivity contribution in [2.45, 2.75) is 40.2 Å². The summed E-state index contributed by atoms with van der Waals surface area (Å²) in [6.45, 7) is 8.56.